The lowest BCUT2D eigenvalue weighted by molar-refractivity contribution is -0.153. The maximum Gasteiger partial charge on any atom is 0.321 e. The first kappa shape index (κ1) is 29.5. The van der Waals surface area contributed by atoms with Crippen LogP contribution >= 0.6 is 0 Å². The molecule has 2 aliphatic carbocycles. The van der Waals surface area contributed by atoms with Gasteiger partial charge in [-0.1, -0.05) is 39.0 Å². The number of nitrogens with zero attached hydrogens (tertiary/aromatic N) is 3. The van der Waals surface area contributed by atoms with Gasteiger partial charge in [-0.05, 0) is 53.6 Å². The lowest BCUT2D eigenvalue weighted by Crippen LogP contribution is -2.61. The van der Waals surface area contributed by atoms with Gasteiger partial charge >= 0.3 is 5.92 Å². The van der Waals surface area contributed by atoms with Crippen molar-refractivity contribution in [1.29, 1.82) is 5.26 Å². The van der Waals surface area contributed by atoms with Gasteiger partial charge in [0.2, 0.25) is 17.7 Å². The van der Waals surface area contributed by atoms with E-state index in [1.165, 1.54) is 9.80 Å². The molecule has 3 heterocycles. The number of fused-ring (bicyclic) bond motifs is 7. The summed E-state index contributed by atoms with van der Waals surface area (Å²) in [6, 6.07) is 5.76. The summed E-state index contributed by atoms with van der Waals surface area (Å²) in [6.45, 7) is 5.37. The molecule has 5 aliphatic rings. The highest BCUT2D eigenvalue weighted by Gasteiger charge is 2.65. The van der Waals surface area contributed by atoms with Crippen LogP contribution in [0, 0.1) is 40.4 Å². The van der Waals surface area contributed by atoms with Gasteiger partial charge in [-0.25, -0.2) is 4.39 Å². The Morgan fingerprint density at radius 1 is 1.12 bits per heavy atom. The molecule has 2 bridgehead atoms. The minimum atomic E-state index is -3.73. The van der Waals surface area contributed by atoms with Gasteiger partial charge in [0.25, 0.3) is 5.91 Å². The van der Waals surface area contributed by atoms with Crippen molar-refractivity contribution in [2.45, 2.75) is 82.6 Å². The number of nitrogens with one attached hydrogen (secondary N) is 2. The third kappa shape index (κ3) is 4.41. The van der Waals surface area contributed by atoms with Gasteiger partial charge < -0.3 is 20.4 Å². The number of anilines is 1. The van der Waals surface area contributed by atoms with Gasteiger partial charge in [0.15, 0.2) is 0 Å². The molecule has 3 aliphatic heterocycles. The van der Waals surface area contributed by atoms with E-state index in [-0.39, 0.29) is 37.3 Å². The predicted molar refractivity (Wildman–Crippen MR) is 148 cm³/mol. The maximum absolute atomic E-state index is 15.2. The summed E-state index contributed by atoms with van der Waals surface area (Å²) in [5.74, 6) is -8.10. The van der Waals surface area contributed by atoms with Crippen LogP contribution in [0.3, 0.4) is 0 Å². The van der Waals surface area contributed by atoms with Gasteiger partial charge in [0.1, 0.15) is 24.3 Å². The number of likely N-dealkylation sites (tertiary alicyclic amines) is 2. The molecular formula is C31H36F3N5O4. The van der Waals surface area contributed by atoms with E-state index in [9.17, 15) is 33.2 Å². The monoisotopic (exact) mass is 599 g/mol. The average molecular weight is 600 g/mol. The minimum absolute atomic E-state index is 0.0371. The number of halogens is 3. The predicted octanol–water partition coefficient (Wildman–Crippen LogP) is 3.01. The zero-order valence-electron chi connectivity index (χ0n) is 24.6. The van der Waals surface area contributed by atoms with Crippen LogP contribution in [0.1, 0.15) is 52.5 Å². The first-order valence-electron chi connectivity index (χ1n) is 14.8. The minimum Gasteiger partial charge on any atom is -0.339 e. The van der Waals surface area contributed by atoms with E-state index in [0.29, 0.717) is 31.0 Å². The standard InChI is InChI=1S/C31H36F3N5O4/c1-29(2,3)24(37-27(42)30(4,33)34)26(41)38-13-18-15-9-17(20(32)10-15)22(18)23(38)25(40)39-14-31(11-16(39)12-35)19-7-5-6-8-21(19)36-28(31)43/h5-8,15-18,20,22-24H,9-11,13-14H2,1-4H3,(H,36,43)(H,37,42)/t15-,16-,17+,18+,20+,22-,23-,24+,31-/m0/s1. The number of amides is 4. The smallest absolute Gasteiger partial charge is 0.321 e. The lowest BCUT2D eigenvalue weighted by atomic mass is 9.77. The Bertz CT molecular complexity index is 1430. The number of carbonyl (C=O) groups is 4. The van der Waals surface area contributed by atoms with Crippen molar-refractivity contribution in [2.75, 3.05) is 18.4 Å². The summed E-state index contributed by atoms with van der Waals surface area (Å²) in [4.78, 5) is 57.2. The molecule has 12 heteroatoms. The van der Waals surface area contributed by atoms with E-state index in [2.05, 4.69) is 16.7 Å². The van der Waals surface area contributed by atoms with Gasteiger partial charge in [0.05, 0.1) is 11.5 Å². The van der Waals surface area contributed by atoms with Crippen LogP contribution in [0.15, 0.2) is 24.3 Å². The molecule has 9 atom stereocenters. The zero-order chi connectivity index (χ0) is 31.2. The number of para-hydroxylation sites is 1. The first-order valence-corrected chi connectivity index (χ1v) is 14.8. The highest BCUT2D eigenvalue weighted by atomic mass is 19.3. The molecule has 43 heavy (non-hydrogen) atoms. The first-order chi connectivity index (χ1) is 20.1. The number of carbonyl (C=O) groups excluding carboxylic acids is 4. The third-order valence-electron chi connectivity index (χ3n) is 10.5. The molecule has 6 rings (SSSR count). The average Bonchev–Trinajstić information content (AvgIpc) is 3.72. The summed E-state index contributed by atoms with van der Waals surface area (Å²) >= 11 is 0. The largest absolute Gasteiger partial charge is 0.339 e. The second-order valence-corrected chi connectivity index (χ2v) is 14.1. The van der Waals surface area contributed by atoms with E-state index >= 15 is 4.39 Å². The van der Waals surface area contributed by atoms with Gasteiger partial charge in [0, 0.05) is 32.1 Å². The summed E-state index contributed by atoms with van der Waals surface area (Å²) in [5.41, 5.74) is -0.844. The van der Waals surface area contributed by atoms with Crippen molar-refractivity contribution < 1.29 is 32.3 Å². The van der Waals surface area contributed by atoms with Gasteiger partial charge in [-0.3, -0.25) is 19.2 Å². The van der Waals surface area contributed by atoms with E-state index < -0.39 is 70.6 Å². The molecule has 4 fully saturated rings. The SMILES string of the molecule is CC(F)(F)C(=O)N[C@H](C(=O)N1C[C@@H]2[C@H]3C[C@@H]([C@@H]2[C@H]1C(=O)N1C[C@]2(C[C@H]1C#N)C(=O)Nc1ccccc12)[C@H](F)C3)C(C)(C)C. The molecule has 230 valence electrons. The molecule has 0 unspecified atom stereocenters. The van der Waals surface area contributed by atoms with Crippen molar-refractivity contribution in [1.82, 2.24) is 15.1 Å². The van der Waals surface area contributed by atoms with Crippen LogP contribution in [-0.4, -0.2) is 76.7 Å². The quantitative estimate of drug-likeness (QED) is 0.551. The molecule has 1 aromatic carbocycles. The number of alkyl halides is 3. The van der Waals surface area contributed by atoms with Crippen LogP contribution < -0.4 is 10.6 Å². The number of benzene rings is 1. The molecule has 2 N–H and O–H groups in total. The van der Waals surface area contributed by atoms with Crippen LogP contribution in [-0.2, 0) is 24.6 Å². The van der Waals surface area contributed by atoms with Crippen LogP contribution in [0.25, 0.3) is 0 Å². The van der Waals surface area contributed by atoms with E-state index in [4.69, 9.17) is 0 Å². The summed E-state index contributed by atoms with van der Waals surface area (Å²) in [6.07, 6.45) is -0.152. The Morgan fingerprint density at radius 2 is 1.81 bits per heavy atom. The number of nitriles is 1. The summed E-state index contributed by atoms with van der Waals surface area (Å²) < 4.78 is 43.0. The van der Waals surface area contributed by atoms with E-state index in [1.807, 2.05) is 0 Å². The molecule has 1 aromatic rings. The Kier molecular flexibility index (Phi) is 6.64. The topological polar surface area (TPSA) is 123 Å². The molecular weight excluding hydrogens is 563 g/mol. The van der Waals surface area contributed by atoms with Crippen LogP contribution in [0.5, 0.6) is 0 Å². The number of hydrogen-bond donors (Lipinski definition) is 2. The van der Waals surface area contributed by atoms with E-state index in [1.54, 1.807) is 45.0 Å². The number of rotatable bonds is 4. The van der Waals surface area contributed by atoms with Crippen molar-refractivity contribution >= 4 is 29.3 Å². The van der Waals surface area contributed by atoms with Crippen LogP contribution in [0.2, 0.25) is 0 Å². The van der Waals surface area contributed by atoms with Crippen molar-refractivity contribution in [3.63, 3.8) is 0 Å². The Balaban J connectivity index is 1.37. The fourth-order valence-corrected chi connectivity index (χ4v) is 8.48. The molecule has 1 spiro atoms. The zero-order valence-corrected chi connectivity index (χ0v) is 24.6. The normalized spacial score (nSPS) is 35.0. The molecule has 2 saturated carbocycles. The Hall–Kier alpha value is -3.62. The maximum atomic E-state index is 15.2. The van der Waals surface area contributed by atoms with Crippen molar-refractivity contribution in [2.24, 2.45) is 29.1 Å². The second-order valence-electron chi connectivity index (χ2n) is 14.1. The molecule has 9 nitrogen and oxygen atoms in total. The van der Waals surface area contributed by atoms with Gasteiger partial charge in [-0.2, -0.15) is 14.0 Å². The lowest BCUT2D eigenvalue weighted by Gasteiger charge is -2.39. The van der Waals surface area contributed by atoms with Crippen molar-refractivity contribution in [3.05, 3.63) is 29.8 Å². The molecule has 4 amide bonds. The fourth-order valence-electron chi connectivity index (χ4n) is 8.48. The van der Waals surface area contributed by atoms with Gasteiger partial charge in [-0.15, -0.1) is 0 Å². The Morgan fingerprint density at radius 3 is 2.47 bits per heavy atom. The highest BCUT2D eigenvalue weighted by Crippen LogP contribution is 2.59. The highest BCUT2D eigenvalue weighted by molar-refractivity contribution is 6.07. The fraction of sp³-hybridized carbons (Fsp3) is 0.645. The van der Waals surface area contributed by atoms with Crippen molar-refractivity contribution in [3.8, 4) is 6.07 Å². The third-order valence-corrected chi connectivity index (χ3v) is 10.5. The van der Waals surface area contributed by atoms with E-state index in [0.717, 1.165) is 0 Å². The Labute approximate surface area is 248 Å². The summed E-state index contributed by atoms with van der Waals surface area (Å²) in [5, 5.41) is 15.2. The molecule has 0 aromatic heterocycles. The molecule has 0 radical (unpaired) electrons. The molecule has 2 saturated heterocycles. The summed E-state index contributed by atoms with van der Waals surface area (Å²) in [7, 11) is 0. The van der Waals surface area contributed by atoms with Crippen LogP contribution in [0.4, 0.5) is 18.9 Å². The number of hydrogen-bond acceptors (Lipinski definition) is 5. The second kappa shape index (κ2) is 9.69.